The summed E-state index contributed by atoms with van der Waals surface area (Å²) >= 11 is 0. The molecule has 0 aromatic carbocycles. The fourth-order valence-electron chi connectivity index (χ4n) is 0.451. The van der Waals surface area contributed by atoms with Crippen molar-refractivity contribution < 1.29 is 4.74 Å². The smallest absolute Gasteiger partial charge is 0.137 e. The van der Waals surface area contributed by atoms with Crippen molar-refractivity contribution >= 4 is 0 Å². The number of ether oxygens (including phenoxy) is 1. The van der Waals surface area contributed by atoms with E-state index in [0.29, 0.717) is 5.76 Å². The van der Waals surface area contributed by atoms with Crippen molar-refractivity contribution in [2.24, 2.45) is 0 Å². The van der Waals surface area contributed by atoms with Crippen molar-refractivity contribution in [1.29, 1.82) is 0 Å². The third kappa shape index (κ3) is 5.37. The Morgan fingerprint density at radius 3 is 2.17 bits per heavy atom. The van der Waals surface area contributed by atoms with Crippen molar-refractivity contribution in [2.75, 3.05) is 0 Å². The Kier molecular flexibility index (Phi) is 10.5. The Morgan fingerprint density at radius 1 is 1.42 bits per heavy atom. The molecule has 1 nitrogen and oxygen atoms in total. The second-order valence-corrected chi connectivity index (χ2v) is 1.62. The zero-order valence-electron chi connectivity index (χ0n) is 8.05. The summed E-state index contributed by atoms with van der Waals surface area (Å²) < 4.78 is 4.93. The zero-order valence-corrected chi connectivity index (χ0v) is 8.05. The summed E-state index contributed by atoms with van der Waals surface area (Å²) in [5.74, 6) is 3.02. The number of hydrogen-bond donors (Lipinski definition) is 0. The van der Waals surface area contributed by atoms with Gasteiger partial charge in [0.25, 0.3) is 0 Å². The molecule has 0 aliphatic heterocycles. The van der Waals surface area contributed by atoms with E-state index in [1.54, 1.807) is 13.0 Å². The molecular formula is C11H16O. The molecule has 0 spiro atoms. The van der Waals surface area contributed by atoms with E-state index in [1.807, 2.05) is 13.8 Å². The van der Waals surface area contributed by atoms with E-state index in [2.05, 4.69) is 19.1 Å². The zero-order chi connectivity index (χ0) is 9.98. The molecule has 0 N–H and O–H groups in total. The predicted molar refractivity (Wildman–Crippen MR) is 54.4 cm³/mol. The molecule has 0 aliphatic rings. The summed E-state index contributed by atoms with van der Waals surface area (Å²) in [5, 5.41) is 0. The highest BCUT2D eigenvalue weighted by Crippen LogP contribution is 2.05. The lowest BCUT2D eigenvalue weighted by molar-refractivity contribution is 0.367. The van der Waals surface area contributed by atoms with Crippen molar-refractivity contribution in [2.45, 2.75) is 20.8 Å². The standard InChI is InChI=1S/C9H10O.C2H6/c1-5-8(4)9(6-2)10-7-3;1-2/h1,6-7H,2-3H2,4H3;1-2H3/b9-8+;. The van der Waals surface area contributed by atoms with Gasteiger partial charge in [-0.05, 0) is 13.0 Å². The monoisotopic (exact) mass is 164 g/mol. The average Bonchev–Trinajstić information content (AvgIpc) is 2.16. The van der Waals surface area contributed by atoms with Crippen LogP contribution in [0.3, 0.4) is 0 Å². The number of allylic oxidation sites excluding steroid dienone is 2. The first-order chi connectivity index (χ1) is 5.76. The van der Waals surface area contributed by atoms with Crippen LogP contribution in [0.15, 0.2) is 36.8 Å². The second kappa shape index (κ2) is 9.58. The van der Waals surface area contributed by atoms with E-state index >= 15 is 0 Å². The molecule has 0 atom stereocenters. The van der Waals surface area contributed by atoms with Crippen LogP contribution in [0.2, 0.25) is 0 Å². The number of hydrogen-bond acceptors (Lipinski definition) is 1. The molecule has 0 rings (SSSR count). The minimum atomic E-state index is 0.581. The molecule has 0 fully saturated rings. The van der Waals surface area contributed by atoms with Gasteiger partial charge in [0.2, 0.25) is 0 Å². The van der Waals surface area contributed by atoms with Crippen LogP contribution in [0.5, 0.6) is 0 Å². The summed E-state index contributed by atoms with van der Waals surface area (Å²) in [6, 6.07) is 0. The lowest BCUT2D eigenvalue weighted by atomic mass is 10.2. The fraction of sp³-hybridized carbons (Fsp3) is 0.273. The third-order valence-electron chi connectivity index (χ3n) is 0.982. The molecule has 0 heterocycles. The Balaban J connectivity index is 0. The van der Waals surface area contributed by atoms with Gasteiger partial charge in [-0.1, -0.05) is 32.9 Å². The third-order valence-corrected chi connectivity index (χ3v) is 0.982. The molecular weight excluding hydrogens is 148 g/mol. The van der Waals surface area contributed by atoms with Crippen LogP contribution >= 0.6 is 0 Å². The van der Waals surface area contributed by atoms with Gasteiger partial charge in [0, 0.05) is 5.57 Å². The quantitative estimate of drug-likeness (QED) is 0.353. The lowest BCUT2D eigenvalue weighted by Crippen LogP contribution is -1.83. The van der Waals surface area contributed by atoms with Crippen LogP contribution in [-0.2, 0) is 4.74 Å². The van der Waals surface area contributed by atoms with Crippen LogP contribution in [-0.4, -0.2) is 0 Å². The van der Waals surface area contributed by atoms with E-state index in [4.69, 9.17) is 11.2 Å². The molecule has 0 aromatic rings. The van der Waals surface area contributed by atoms with Gasteiger partial charge >= 0.3 is 0 Å². The number of terminal acetylenes is 1. The molecule has 0 bridgehead atoms. The Morgan fingerprint density at radius 2 is 1.92 bits per heavy atom. The molecule has 0 unspecified atom stereocenters. The Labute approximate surface area is 75.4 Å². The molecule has 0 saturated carbocycles. The van der Waals surface area contributed by atoms with Crippen LogP contribution in [0.4, 0.5) is 0 Å². The van der Waals surface area contributed by atoms with Crippen molar-refractivity contribution in [3.63, 3.8) is 0 Å². The van der Waals surface area contributed by atoms with Crippen LogP contribution in [0.1, 0.15) is 20.8 Å². The SMILES string of the molecule is C#C/C(C)=C(\C=C)OC=C.CC. The van der Waals surface area contributed by atoms with E-state index < -0.39 is 0 Å². The maximum atomic E-state index is 5.11. The Bertz CT molecular complexity index is 204. The molecule has 0 amide bonds. The molecule has 1 heteroatoms. The van der Waals surface area contributed by atoms with Crippen LogP contribution in [0, 0.1) is 12.3 Å². The first kappa shape index (κ1) is 13.2. The van der Waals surface area contributed by atoms with E-state index in [-0.39, 0.29) is 0 Å². The van der Waals surface area contributed by atoms with E-state index in [0.717, 1.165) is 5.57 Å². The molecule has 0 aliphatic carbocycles. The molecule has 66 valence electrons. The van der Waals surface area contributed by atoms with Gasteiger partial charge in [-0.2, -0.15) is 0 Å². The molecule has 0 radical (unpaired) electrons. The maximum Gasteiger partial charge on any atom is 0.137 e. The van der Waals surface area contributed by atoms with Crippen molar-refractivity contribution in [3.8, 4) is 12.3 Å². The normalized spacial score (nSPS) is 9.50. The summed E-state index contributed by atoms with van der Waals surface area (Å²) in [4.78, 5) is 0. The van der Waals surface area contributed by atoms with E-state index in [1.165, 1.54) is 6.26 Å². The maximum absolute atomic E-state index is 5.11. The average molecular weight is 164 g/mol. The van der Waals surface area contributed by atoms with E-state index in [9.17, 15) is 0 Å². The summed E-state index contributed by atoms with van der Waals surface area (Å²) in [6.45, 7) is 12.7. The highest BCUT2D eigenvalue weighted by atomic mass is 16.5. The summed E-state index contributed by atoms with van der Waals surface area (Å²) in [5.41, 5.74) is 0.718. The van der Waals surface area contributed by atoms with Gasteiger partial charge in [-0.15, -0.1) is 6.42 Å². The van der Waals surface area contributed by atoms with Gasteiger partial charge in [-0.25, -0.2) is 0 Å². The molecule has 12 heavy (non-hydrogen) atoms. The first-order valence-electron chi connectivity index (χ1n) is 3.83. The summed E-state index contributed by atoms with van der Waals surface area (Å²) in [7, 11) is 0. The highest BCUT2D eigenvalue weighted by Gasteiger charge is 1.92. The minimum absolute atomic E-state index is 0.581. The van der Waals surface area contributed by atoms with Gasteiger partial charge in [0.1, 0.15) is 5.76 Å². The van der Waals surface area contributed by atoms with Crippen LogP contribution in [0.25, 0.3) is 0 Å². The summed E-state index contributed by atoms with van der Waals surface area (Å²) in [6.07, 6.45) is 7.98. The second-order valence-electron chi connectivity index (χ2n) is 1.62. The predicted octanol–water partition coefficient (Wildman–Crippen LogP) is 3.27. The topological polar surface area (TPSA) is 9.23 Å². The van der Waals surface area contributed by atoms with Gasteiger partial charge in [-0.3, -0.25) is 0 Å². The highest BCUT2D eigenvalue weighted by molar-refractivity contribution is 5.31. The van der Waals surface area contributed by atoms with Crippen molar-refractivity contribution in [3.05, 3.63) is 36.8 Å². The fourth-order valence-corrected chi connectivity index (χ4v) is 0.451. The molecule has 0 saturated heterocycles. The van der Waals surface area contributed by atoms with Crippen molar-refractivity contribution in [1.82, 2.24) is 0 Å². The Hall–Kier alpha value is -1.42. The number of rotatable bonds is 3. The minimum Gasteiger partial charge on any atom is -0.465 e. The largest absolute Gasteiger partial charge is 0.465 e. The van der Waals surface area contributed by atoms with Gasteiger partial charge in [0.05, 0.1) is 6.26 Å². The van der Waals surface area contributed by atoms with Gasteiger partial charge in [0.15, 0.2) is 0 Å². The van der Waals surface area contributed by atoms with Crippen LogP contribution < -0.4 is 0 Å². The lowest BCUT2D eigenvalue weighted by Gasteiger charge is -1.99. The first-order valence-corrected chi connectivity index (χ1v) is 3.83. The van der Waals surface area contributed by atoms with Gasteiger partial charge < -0.3 is 4.74 Å². The molecule has 0 aromatic heterocycles.